The van der Waals surface area contributed by atoms with Gasteiger partial charge in [0, 0.05) is 25.2 Å². The van der Waals surface area contributed by atoms with E-state index in [0.717, 1.165) is 10.5 Å². The number of urea groups is 1. The van der Waals surface area contributed by atoms with Crippen molar-refractivity contribution in [1.29, 1.82) is 0 Å². The van der Waals surface area contributed by atoms with Gasteiger partial charge < -0.3 is 20.5 Å². The number of carbonyl (C=O) groups is 2. The van der Waals surface area contributed by atoms with Gasteiger partial charge in [-0.2, -0.15) is 0 Å². The van der Waals surface area contributed by atoms with Crippen molar-refractivity contribution in [2.75, 3.05) is 26.8 Å². The third kappa shape index (κ3) is 4.96. The fourth-order valence-corrected chi connectivity index (χ4v) is 1.72. The summed E-state index contributed by atoms with van der Waals surface area (Å²) in [6.07, 6.45) is -0.708. The molecule has 1 rings (SSSR count). The molecule has 0 saturated carbocycles. The summed E-state index contributed by atoms with van der Waals surface area (Å²) in [5, 5.41) is 2.65. The molecule has 0 radical (unpaired) electrons. The van der Waals surface area contributed by atoms with Crippen LogP contribution >= 0.6 is 0 Å². The van der Waals surface area contributed by atoms with Gasteiger partial charge >= 0.3 is 12.1 Å². The molecule has 0 aliphatic heterocycles. The predicted molar refractivity (Wildman–Crippen MR) is 78.0 cm³/mol. The Labute approximate surface area is 124 Å². The lowest BCUT2D eigenvalue weighted by molar-refractivity contribution is 0.115. The van der Waals surface area contributed by atoms with Crippen LogP contribution in [0.25, 0.3) is 0 Å². The summed E-state index contributed by atoms with van der Waals surface area (Å²) in [6, 6.07) is 6.75. The molecule has 1 aromatic rings. The number of hydrogen-bond donors (Lipinski definition) is 2. The Hall–Kier alpha value is -2.28. The van der Waals surface area contributed by atoms with E-state index in [4.69, 9.17) is 15.2 Å². The number of nitrogens with zero attached hydrogens (tertiary/aromatic N) is 1. The van der Waals surface area contributed by atoms with Gasteiger partial charge in [-0.25, -0.2) is 14.5 Å². The number of nitrogens with one attached hydrogen (secondary N) is 1. The Morgan fingerprint density at radius 2 is 2.05 bits per heavy atom. The highest BCUT2D eigenvalue weighted by Crippen LogP contribution is 2.16. The molecular weight excluding hydrogens is 274 g/mol. The van der Waals surface area contributed by atoms with Crippen LogP contribution in [0.4, 0.5) is 9.59 Å². The molecule has 0 atom stereocenters. The lowest BCUT2D eigenvalue weighted by Crippen LogP contribution is -2.46. The second-order valence-corrected chi connectivity index (χ2v) is 4.11. The predicted octanol–water partition coefficient (Wildman–Crippen LogP) is 1.32. The maximum absolute atomic E-state index is 12.0. The van der Waals surface area contributed by atoms with E-state index in [9.17, 15) is 9.59 Å². The molecule has 0 aliphatic carbocycles. The molecule has 7 nitrogen and oxygen atoms in total. The minimum atomic E-state index is -0.708. The Bertz CT molecular complexity index is 479. The third-order valence-corrected chi connectivity index (χ3v) is 2.71. The van der Waals surface area contributed by atoms with Gasteiger partial charge in [0.1, 0.15) is 5.75 Å². The molecule has 0 heterocycles. The quantitative estimate of drug-likeness (QED) is 0.825. The summed E-state index contributed by atoms with van der Waals surface area (Å²) >= 11 is 0. The number of nitrogens with two attached hydrogens (primary N) is 1. The molecule has 7 heteroatoms. The Balaban J connectivity index is 2.67. The lowest BCUT2D eigenvalue weighted by Gasteiger charge is -2.20. The van der Waals surface area contributed by atoms with Gasteiger partial charge in [-0.3, -0.25) is 0 Å². The van der Waals surface area contributed by atoms with Gasteiger partial charge in [0.2, 0.25) is 0 Å². The van der Waals surface area contributed by atoms with Gasteiger partial charge in [0.25, 0.3) is 0 Å². The number of methoxy groups -OCH3 is 1. The number of para-hydroxylation sites is 1. The minimum absolute atomic E-state index is 0.0938. The van der Waals surface area contributed by atoms with E-state index < -0.39 is 12.1 Å². The van der Waals surface area contributed by atoms with E-state index in [-0.39, 0.29) is 26.2 Å². The molecule has 3 N–H and O–H groups in total. The van der Waals surface area contributed by atoms with Crippen molar-refractivity contribution in [3.05, 3.63) is 29.8 Å². The van der Waals surface area contributed by atoms with Crippen LogP contribution in [0.3, 0.4) is 0 Å². The van der Waals surface area contributed by atoms with Crippen molar-refractivity contribution >= 4 is 12.1 Å². The molecular formula is C14H21N3O4. The smallest absolute Gasteiger partial charge is 0.418 e. The Morgan fingerprint density at radius 3 is 2.67 bits per heavy atom. The number of amides is 3. The standard InChI is InChI=1S/C14H21N3O4/c1-3-21-14(19)17(9-8-15)13(18)16-10-11-6-4-5-7-12(11)20-2/h4-7H,3,8-10,15H2,1-2H3,(H,16,18). The van der Waals surface area contributed by atoms with Crippen molar-refractivity contribution in [2.24, 2.45) is 5.73 Å². The van der Waals surface area contributed by atoms with Crippen LogP contribution in [-0.4, -0.2) is 43.8 Å². The van der Waals surface area contributed by atoms with E-state index in [1.165, 1.54) is 0 Å². The zero-order chi connectivity index (χ0) is 15.7. The zero-order valence-corrected chi connectivity index (χ0v) is 12.3. The van der Waals surface area contributed by atoms with Crippen LogP contribution in [0.15, 0.2) is 24.3 Å². The number of rotatable bonds is 6. The monoisotopic (exact) mass is 295 g/mol. The van der Waals surface area contributed by atoms with Crippen molar-refractivity contribution in [2.45, 2.75) is 13.5 Å². The average Bonchev–Trinajstić information content (AvgIpc) is 2.50. The van der Waals surface area contributed by atoms with Gasteiger partial charge in [-0.05, 0) is 13.0 Å². The number of carbonyl (C=O) groups excluding carboxylic acids is 2. The van der Waals surface area contributed by atoms with E-state index >= 15 is 0 Å². The van der Waals surface area contributed by atoms with Gasteiger partial charge in [0.05, 0.1) is 13.7 Å². The van der Waals surface area contributed by atoms with Gasteiger partial charge in [-0.1, -0.05) is 18.2 Å². The first-order valence-electron chi connectivity index (χ1n) is 6.68. The average molecular weight is 295 g/mol. The van der Waals surface area contributed by atoms with Crippen molar-refractivity contribution in [1.82, 2.24) is 10.2 Å². The van der Waals surface area contributed by atoms with E-state index in [0.29, 0.717) is 5.75 Å². The molecule has 0 saturated heterocycles. The second kappa shape index (κ2) is 8.80. The molecule has 0 unspecified atom stereocenters. The minimum Gasteiger partial charge on any atom is -0.496 e. The van der Waals surface area contributed by atoms with Crippen molar-refractivity contribution in [3.63, 3.8) is 0 Å². The Kier molecular flexibility index (Phi) is 7.03. The first kappa shape index (κ1) is 16.8. The maximum atomic E-state index is 12.0. The zero-order valence-electron chi connectivity index (χ0n) is 12.3. The van der Waals surface area contributed by atoms with E-state index in [1.54, 1.807) is 20.1 Å². The summed E-state index contributed by atoms with van der Waals surface area (Å²) in [6.45, 7) is 2.37. The van der Waals surface area contributed by atoms with Crippen molar-refractivity contribution < 1.29 is 19.1 Å². The van der Waals surface area contributed by atoms with Gasteiger partial charge in [0.15, 0.2) is 0 Å². The normalized spacial score (nSPS) is 9.86. The fraction of sp³-hybridized carbons (Fsp3) is 0.429. The number of hydrogen-bond acceptors (Lipinski definition) is 5. The summed E-state index contributed by atoms with van der Waals surface area (Å²) in [7, 11) is 1.56. The first-order valence-corrected chi connectivity index (χ1v) is 6.68. The second-order valence-electron chi connectivity index (χ2n) is 4.11. The number of imide groups is 1. The summed E-state index contributed by atoms with van der Waals surface area (Å²) in [4.78, 5) is 24.7. The van der Waals surface area contributed by atoms with E-state index in [1.807, 2.05) is 18.2 Å². The first-order chi connectivity index (χ1) is 10.1. The van der Waals surface area contributed by atoms with Crippen LogP contribution < -0.4 is 15.8 Å². The molecule has 116 valence electrons. The van der Waals surface area contributed by atoms with Crippen LogP contribution in [-0.2, 0) is 11.3 Å². The molecule has 0 spiro atoms. The van der Waals surface area contributed by atoms with Crippen LogP contribution in [0.1, 0.15) is 12.5 Å². The van der Waals surface area contributed by atoms with E-state index in [2.05, 4.69) is 5.32 Å². The maximum Gasteiger partial charge on any atom is 0.418 e. The van der Waals surface area contributed by atoms with Gasteiger partial charge in [-0.15, -0.1) is 0 Å². The summed E-state index contributed by atoms with van der Waals surface area (Å²) < 4.78 is 10.0. The highest BCUT2D eigenvalue weighted by Gasteiger charge is 2.21. The largest absolute Gasteiger partial charge is 0.496 e. The topological polar surface area (TPSA) is 93.9 Å². The fourth-order valence-electron chi connectivity index (χ4n) is 1.72. The SMILES string of the molecule is CCOC(=O)N(CCN)C(=O)NCc1ccccc1OC. The molecule has 0 aromatic heterocycles. The highest BCUT2D eigenvalue weighted by molar-refractivity contribution is 5.90. The van der Waals surface area contributed by atoms with Crippen LogP contribution in [0, 0.1) is 0 Å². The molecule has 0 aliphatic rings. The molecule has 21 heavy (non-hydrogen) atoms. The highest BCUT2D eigenvalue weighted by atomic mass is 16.6. The number of benzene rings is 1. The molecule has 3 amide bonds. The molecule has 0 bridgehead atoms. The van der Waals surface area contributed by atoms with Crippen LogP contribution in [0.2, 0.25) is 0 Å². The van der Waals surface area contributed by atoms with Crippen LogP contribution in [0.5, 0.6) is 5.75 Å². The summed E-state index contributed by atoms with van der Waals surface area (Å²) in [5.41, 5.74) is 6.21. The molecule has 1 aromatic carbocycles. The van der Waals surface area contributed by atoms with Crippen molar-refractivity contribution in [3.8, 4) is 5.75 Å². The molecule has 0 fully saturated rings. The number of ether oxygens (including phenoxy) is 2. The third-order valence-electron chi connectivity index (χ3n) is 2.71. The Morgan fingerprint density at radius 1 is 1.33 bits per heavy atom. The summed E-state index contributed by atoms with van der Waals surface area (Å²) in [5.74, 6) is 0.666. The lowest BCUT2D eigenvalue weighted by atomic mass is 10.2.